The van der Waals surface area contributed by atoms with Crippen LogP contribution in [0.2, 0.25) is 0 Å². The Balaban J connectivity index is 2.18. The van der Waals surface area contributed by atoms with Crippen LogP contribution >= 0.6 is 11.3 Å². The van der Waals surface area contributed by atoms with Gasteiger partial charge in [-0.2, -0.15) is 0 Å². The Kier molecular flexibility index (Phi) is 3.97. The summed E-state index contributed by atoms with van der Waals surface area (Å²) in [5.41, 5.74) is 8.82. The smallest absolute Gasteiger partial charge is 0.0645 e. The van der Waals surface area contributed by atoms with E-state index in [1.165, 1.54) is 22.4 Å². The second kappa shape index (κ2) is 5.48. The standard InChI is InChI=1S/C15H19NS/c1-3-11(2)12-6-8-13(9-7-12)15(16)14-5-4-10-17-14/h4-11,15H,3,16H2,1-2H3. The van der Waals surface area contributed by atoms with Crippen molar-refractivity contribution in [2.45, 2.75) is 32.2 Å². The molecule has 2 atom stereocenters. The first-order valence-electron chi connectivity index (χ1n) is 6.11. The zero-order valence-corrected chi connectivity index (χ0v) is 11.2. The van der Waals surface area contributed by atoms with Gasteiger partial charge in [-0.15, -0.1) is 11.3 Å². The molecule has 2 heteroatoms. The fraction of sp³-hybridized carbons (Fsp3) is 0.333. The molecule has 0 saturated carbocycles. The van der Waals surface area contributed by atoms with Crippen molar-refractivity contribution in [2.75, 3.05) is 0 Å². The highest BCUT2D eigenvalue weighted by atomic mass is 32.1. The van der Waals surface area contributed by atoms with E-state index in [0.29, 0.717) is 5.92 Å². The lowest BCUT2D eigenvalue weighted by molar-refractivity contribution is 0.732. The zero-order chi connectivity index (χ0) is 12.3. The van der Waals surface area contributed by atoms with E-state index < -0.39 is 0 Å². The molecule has 0 spiro atoms. The molecular formula is C15H19NS. The first-order chi connectivity index (χ1) is 8.22. The van der Waals surface area contributed by atoms with E-state index in [2.05, 4.69) is 49.6 Å². The van der Waals surface area contributed by atoms with Crippen LogP contribution in [0.1, 0.15) is 48.2 Å². The highest BCUT2D eigenvalue weighted by Crippen LogP contribution is 2.25. The lowest BCUT2D eigenvalue weighted by Gasteiger charge is -2.13. The van der Waals surface area contributed by atoms with Crippen molar-refractivity contribution in [1.29, 1.82) is 0 Å². The molecule has 0 bridgehead atoms. The summed E-state index contributed by atoms with van der Waals surface area (Å²) >= 11 is 1.72. The molecule has 0 radical (unpaired) electrons. The lowest BCUT2D eigenvalue weighted by atomic mass is 9.96. The molecule has 1 aromatic carbocycles. The van der Waals surface area contributed by atoms with Crippen molar-refractivity contribution in [3.05, 3.63) is 57.8 Å². The first-order valence-corrected chi connectivity index (χ1v) is 6.99. The molecule has 17 heavy (non-hydrogen) atoms. The summed E-state index contributed by atoms with van der Waals surface area (Å²) < 4.78 is 0. The van der Waals surface area contributed by atoms with Gasteiger partial charge in [-0.1, -0.05) is 44.2 Å². The molecule has 0 fully saturated rings. The van der Waals surface area contributed by atoms with Crippen molar-refractivity contribution in [3.63, 3.8) is 0 Å². The average molecular weight is 245 g/mol. The van der Waals surface area contributed by atoms with E-state index in [-0.39, 0.29) is 6.04 Å². The summed E-state index contributed by atoms with van der Waals surface area (Å²) in [5.74, 6) is 0.627. The van der Waals surface area contributed by atoms with Crippen LogP contribution in [0.25, 0.3) is 0 Å². The van der Waals surface area contributed by atoms with Crippen molar-refractivity contribution < 1.29 is 0 Å². The van der Waals surface area contributed by atoms with Crippen LogP contribution in [0.4, 0.5) is 0 Å². The largest absolute Gasteiger partial charge is 0.320 e. The number of hydrogen-bond donors (Lipinski definition) is 1. The van der Waals surface area contributed by atoms with E-state index in [9.17, 15) is 0 Å². The topological polar surface area (TPSA) is 26.0 Å². The summed E-state index contributed by atoms with van der Waals surface area (Å²) in [4.78, 5) is 1.22. The quantitative estimate of drug-likeness (QED) is 0.853. The van der Waals surface area contributed by atoms with Crippen LogP contribution in [0.3, 0.4) is 0 Å². The van der Waals surface area contributed by atoms with Crippen LogP contribution in [0, 0.1) is 0 Å². The molecule has 0 aliphatic rings. The minimum absolute atomic E-state index is 0.0148. The predicted molar refractivity (Wildman–Crippen MR) is 75.5 cm³/mol. The Morgan fingerprint density at radius 3 is 2.29 bits per heavy atom. The summed E-state index contributed by atoms with van der Waals surface area (Å²) in [6.07, 6.45) is 1.18. The number of benzene rings is 1. The van der Waals surface area contributed by atoms with Crippen LogP contribution in [-0.2, 0) is 0 Å². The maximum Gasteiger partial charge on any atom is 0.0645 e. The van der Waals surface area contributed by atoms with Crippen molar-refractivity contribution >= 4 is 11.3 Å². The van der Waals surface area contributed by atoms with Crippen LogP contribution in [-0.4, -0.2) is 0 Å². The highest BCUT2D eigenvalue weighted by Gasteiger charge is 2.10. The van der Waals surface area contributed by atoms with E-state index in [1.54, 1.807) is 11.3 Å². The van der Waals surface area contributed by atoms with Gasteiger partial charge in [0.2, 0.25) is 0 Å². The summed E-state index contributed by atoms with van der Waals surface area (Å²) in [6.45, 7) is 4.48. The minimum Gasteiger partial charge on any atom is -0.320 e. The molecule has 2 N–H and O–H groups in total. The number of thiophene rings is 1. The molecule has 0 aliphatic carbocycles. The van der Waals surface area contributed by atoms with E-state index >= 15 is 0 Å². The SMILES string of the molecule is CCC(C)c1ccc(C(N)c2cccs2)cc1. The number of hydrogen-bond acceptors (Lipinski definition) is 2. The average Bonchev–Trinajstić information content (AvgIpc) is 2.91. The summed E-state index contributed by atoms with van der Waals surface area (Å²) in [7, 11) is 0. The highest BCUT2D eigenvalue weighted by molar-refractivity contribution is 7.10. The second-order valence-corrected chi connectivity index (χ2v) is 5.45. The molecule has 0 aliphatic heterocycles. The molecule has 1 aromatic heterocycles. The van der Waals surface area contributed by atoms with Crippen LogP contribution in [0.15, 0.2) is 41.8 Å². The van der Waals surface area contributed by atoms with Gasteiger partial charge in [-0.3, -0.25) is 0 Å². The third-order valence-electron chi connectivity index (χ3n) is 3.33. The number of rotatable bonds is 4. The third-order valence-corrected chi connectivity index (χ3v) is 4.28. The van der Waals surface area contributed by atoms with Gasteiger partial charge in [-0.25, -0.2) is 0 Å². The molecule has 2 aromatic rings. The fourth-order valence-electron chi connectivity index (χ4n) is 1.90. The third kappa shape index (κ3) is 2.76. The van der Waals surface area contributed by atoms with Gasteiger partial charge in [0.15, 0.2) is 0 Å². The van der Waals surface area contributed by atoms with E-state index in [0.717, 1.165) is 0 Å². The fourth-order valence-corrected chi connectivity index (χ4v) is 2.65. The maximum atomic E-state index is 6.23. The molecule has 2 unspecified atom stereocenters. The van der Waals surface area contributed by atoms with Gasteiger partial charge >= 0.3 is 0 Å². The monoisotopic (exact) mass is 245 g/mol. The van der Waals surface area contributed by atoms with Crippen LogP contribution in [0.5, 0.6) is 0 Å². The molecule has 0 saturated heterocycles. The number of nitrogens with two attached hydrogens (primary N) is 1. The van der Waals surface area contributed by atoms with Crippen molar-refractivity contribution in [3.8, 4) is 0 Å². The molecule has 1 heterocycles. The van der Waals surface area contributed by atoms with Gasteiger partial charge in [0.25, 0.3) is 0 Å². The Morgan fingerprint density at radius 2 is 1.76 bits per heavy atom. The predicted octanol–water partition coefficient (Wildman–Crippen LogP) is 4.31. The van der Waals surface area contributed by atoms with Gasteiger partial charge < -0.3 is 5.73 Å². The molecule has 90 valence electrons. The van der Waals surface area contributed by atoms with Gasteiger partial charge in [0, 0.05) is 4.88 Å². The zero-order valence-electron chi connectivity index (χ0n) is 10.4. The lowest BCUT2D eigenvalue weighted by Crippen LogP contribution is -2.10. The Bertz CT molecular complexity index is 444. The second-order valence-electron chi connectivity index (χ2n) is 4.47. The van der Waals surface area contributed by atoms with Crippen molar-refractivity contribution in [2.24, 2.45) is 5.73 Å². The molecular weight excluding hydrogens is 226 g/mol. The normalized spacial score (nSPS) is 14.5. The Hall–Kier alpha value is -1.12. The molecule has 1 nitrogen and oxygen atoms in total. The van der Waals surface area contributed by atoms with Crippen molar-refractivity contribution in [1.82, 2.24) is 0 Å². The minimum atomic E-state index is 0.0148. The Labute approximate surface area is 107 Å². The summed E-state index contributed by atoms with van der Waals surface area (Å²) in [6, 6.07) is 12.9. The van der Waals surface area contributed by atoms with Gasteiger partial charge in [0.05, 0.1) is 6.04 Å². The van der Waals surface area contributed by atoms with E-state index in [4.69, 9.17) is 5.73 Å². The first kappa shape index (κ1) is 12.3. The van der Waals surface area contributed by atoms with E-state index in [1.807, 2.05) is 6.07 Å². The maximum absolute atomic E-state index is 6.23. The molecule has 0 amide bonds. The Morgan fingerprint density at radius 1 is 1.12 bits per heavy atom. The summed E-state index contributed by atoms with van der Waals surface area (Å²) in [5, 5.41) is 2.07. The van der Waals surface area contributed by atoms with Gasteiger partial charge in [0.1, 0.15) is 0 Å². The van der Waals surface area contributed by atoms with Crippen LogP contribution < -0.4 is 5.73 Å². The van der Waals surface area contributed by atoms with Gasteiger partial charge in [-0.05, 0) is 34.9 Å². The molecule has 2 rings (SSSR count).